The van der Waals surface area contributed by atoms with Crippen LogP contribution >= 0.6 is 0 Å². The van der Waals surface area contributed by atoms with Crippen molar-refractivity contribution in [3.8, 4) is 0 Å². The van der Waals surface area contributed by atoms with E-state index < -0.39 is 0 Å². The van der Waals surface area contributed by atoms with Crippen LogP contribution in [0.15, 0.2) is 24.3 Å². The van der Waals surface area contributed by atoms with Crippen molar-refractivity contribution in [1.82, 2.24) is 10.6 Å². The lowest BCUT2D eigenvalue weighted by molar-refractivity contribution is 0.218. The van der Waals surface area contributed by atoms with Crippen molar-refractivity contribution in [3.05, 3.63) is 35.4 Å². The average Bonchev–Trinajstić information content (AvgIpc) is 2.38. The van der Waals surface area contributed by atoms with Crippen LogP contribution < -0.4 is 10.6 Å². The Morgan fingerprint density at radius 2 is 1.83 bits per heavy atom. The third kappa shape index (κ3) is 4.37. The Morgan fingerprint density at radius 3 is 2.33 bits per heavy atom. The Balaban J connectivity index is 2.53. The lowest BCUT2D eigenvalue weighted by Crippen LogP contribution is -2.43. The van der Waals surface area contributed by atoms with E-state index in [9.17, 15) is 4.79 Å². The summed E-state index contributed by atoms with van der Waals surface area (Å²) in [5, 5.41) is 14.3. The number of hydrogen-bond donors (Lipinski definition) is 3. The van der Waals surface area contributed by atoms with Gasteiger partial charge >= 0.3 is 6.03 Å². The molecule has 0 radical (unpaired) electrons. The molecular weight excluding hydrogens is 228 g/mol. The van der Waals surface area contributed by atoms with Crippen molar-refractivity contribution in [2.24, 2.45) is 0 Å². The van der Waals surface area contributed by atoms with E-state index in [1.54, 1.807) is 6.92 Å². The summed E-state index contributed by atoms with van der Waals surface area (Å²) in [6.45, 7) is 5.73. The van der Waals surface area contributed by atoms with Gasteiger partial charge in [-0.05, 0) is 31.4 Å². The van der Waals surface area contributed by atoms with E-state index in [0.29, 0.717) is 0 Å². The maximum absolute atomic E-state index is 11.6. The molecule has 1 aromatic carbocycles. The molecule has 0 aliphatic heterocycles. The van der Waals surface area contributed by atoms with Gasteiger partial charge in [-0.25, -0.2) is 4.79 Å². The van der Waals surface area contributed by atoms with Crippen LogP contribution in [0.5, 0.6) is 0 Å². The molecule has 0 fully saturated rings. The number of amides is 2. The summed E-state index contributed by atoms with van der Waals surface area (Å²) in [5.74, 6) is 0. The van der Waals surface area contributed by atoms with Gasteiger partial charge in [-0.2, -0.15) is 0 Å². The summed E-state index contributed by atoms with van der Waals surface area (Å²) in [6, 6.07) is 7.65. The Bertz CT molecular complexity index is 376. The predicted molar refractivity (Wildman–Crippen MR) is 72.5 cm³/mol. The normalized spacial score (nSPS) is 13.8. The molecule has 2 amide bonds. The van der Waals surface area contributed by atoms with Gasteiger partial charge in [0.1, 0.15) is 0 Å². The Morgan fingerprint density at radius 1 is 1.22 bits per heavy atom. The summed E-state index contributed by atoms with van der Waals surface area (Å²) in [6.07, 6.45) is 1.01. The van der Waals surface area contributed by atoms with Crippen molar-refractivity contribution in [2.75, 3.05) is 6.61 Å². The van der Waals surface area contributed by atoms with Crippen molar-refractivity contribution < 1.29 is 9.90 Å². The Hall–Kier alpha value is -1.55. The lowest BCUT2D eigenvalue weighted by Gasteiger charge is -2.17. The van der Waals surface area contributed by atoms with E-state index in [2.05, 4.69) is 29.7 Å². The minimum absolute atomic E-state index is 0.0539. The molecule has 0 bridgehead atoms. The van der Waals surface area contributed by atoms with Gasteiger partial charge in [-0.15, -0.1) is 0 Å². The molecule has 100 valence electrons. The summed E-state index contributed by atoms with van der Waals surface area (Å²) < 4.78 is 0. The van der Waals surface area contributed by atoms with Gasteiger partial charge in [0.25, 0.3) is 0 Å². The van der Waals surface area contributed by atoms with E-state index >= 15 is 0 Å². The molecule has 0 aliphatic carbocycles. The van der Waals surface area contributed by atoms with Gasteiger partial charge in [0.05, 0.1) is 18.7 Å². The highest BCUT2D eigenvalue weighted by molar-refractivity contribution is 5.74. The number of nitrogens with one attached hydrogen (secondary N) is 2. The zero-order valence-corrected chi connectivity index (χ0v) is 11.2. The van der Waals surface area contributed by atoms with Gasteiger partial charge in [0.2, 0.25) is 0 Å². The number of carbonyl (C=O) groups is 1. The van der Waals surface area contributed by atoms with Crippen molar-refractivity contribution in [1.29, 1.82) is 0 Å². The summed E-state index contributed by atoms with van der Waals surface area (Å²) in [5.41, 5.74) is 2.35. The number of aliphatic hydroxyl groups excluding tert-OH is 1. The Labute approximate surface area is 108 Å². The van der Waals surface area contributed by atoms with Crippen LogP contribution in [0.4, 0.5) is 4.79 Å². The van der Waals surface area contributed by atoms with E-state index in [-0.39, 0.29) is 24.7 Å². The molecule has 2 atom stereocenters. The molecule has 4 nitrogen and oxygen atoms in total. The summed E-state index contributed by atoms with van der Waals surface area (Å²) in [7, 11) is 0. The van der Waals surface area contributed by atoms with Crippen LogP contribution in [0.2, 0.25) is 0 Å². The Kier molecular flexibility index (Phi) is 5.65. The lowest BCUT2D eigenvalue weighted by atomic mass is 10.1. The maximum atomic E-state index is 11.6. The monoisotopic (exact) mass is 250 g/mol. The average molecular weight is 250 g/mol. The topological polar surface area (TPSA) is 61.4 Å². The van der Waals surface area contributed by atoms with Gasteiger partial charge in [0, 0.05) is 0 Å². The number of aryl methyl sites for hydroxylation is 1. The quantitative estimate of drug-likeness (QED) is 0.748. The zero-order valence-electron chi connectivity index (χ0n) is 11.2. The molecule has 3 N–H and O–H groups in total. The maximum Gasteiger partial charge on any atom is 0.315 e. The van der Waals surface area contributed by atoms with Crippen molar-refractivity contribution >= 4 is 6.03 Å². The minimum atomic E-state index is -0.261. The molecule has 4 heteroatoms. The molecule has 2 unspecified atom stereocenters. The van der Waals surface area contributed by atoms with Crippen LogP contribution in [0.3, 0.4) is 0 Å². The predicted octanol–water partition coefficient (Wildman–Crippen LogP) is 1.99. The number of urea groups is 1. The number of carbonyl (C=O) groups excluding carboxylic acids is 1. The molecule has 0 saturated heterocycles. The van der Waals surface area contributed by atoms with Crippen molar-refractivity contribution in [2.45, 2.75) is 39.3 Å². The number of benzene rings is 1. The molecule has 0 spiro atoms. The first kappa shape index (κ1) is 14.5. The first-order valence-electron chi connectivity index (χ1n) is 6.33. The number of rotatable bonds is 5. The third-order valence-electron chi connectivity index (χ3n) is 2.89. The highest BCUT2D eigenvalue weighted by atomic mass is 16.3. The minimum Gasteiger partial charge on any atom is -0.394 e. The van der Waals surface area contributed by atoms with E-state index in [1.807, 2.05) is 19.1 Å². The fourth-order valence-corrected chi connectivity index (χ4v) is 1.63. The van der Waals surface area contributed by atoms with E-state index in [4.69, 9.17) is 5.11 Å². The largest absolute Gasteiger partial charge is 0.394 e. The molecule has 1 aromatic rings. The molecule has 0 aromatic heterocycles. The van der Waals surface area contributed by atoms with Gasteiger partial charge in [0.15, 0.2) is 0 Å². The van der Waals surface area contributed by atoms with Crippen LogP contribution in [0.25, 0.3) is 0 Å². The first-order chi connectivity index (χ1) is 8.56. The SMILES string of the molecule is CCc1ccc(C(C)NC(=O)NC(C)CO)cc1. The van der Waals surface area contributed by atoms with Gasteiger partial charge in [-0.3, -0.25) is 0 Å². The molecule has 0 saturated carbocycles. The van der Waals surface area contributed by atoms with Gasteiger partial charge in [-0.1, -0.05) is 31.2 Å². The summed E-state index contributed by atoms with van der Waals surface area (Å²) >= 11 is 0. The highest BCUT2D eigenvalue weighted by Crippen LogP contribution is 2.13. The molecule has 18 heavy (non-hydrogen) atoms. The van der Waals surface area contributed by atoms with Crippen LogP contribution in [0.1, 0.15) is 37.9 Å². The number of aliphatic hydroxyl groups is 1. The first-order valence-corrected chi connectivity index (χ1v) is 6.33. The standard InChI is InChI=1S/C14H22N2O2/c1-4-12-5-7-13(8-6-12)11(3)16-14(18)15-10(2)9-17/h5-8,10-11,17H,4,9H2,1-3H3,(H2,15,16,18). The van der Waals surface area contributed by atoms with Crippen molar-refractivity contribution in [3.63, 3.8) is 0 Å². The van der Waals surface area contributed by atoms with E-state index in [1.165, 1.54) is 5.56 Å². The van der Waals surface area contributed by atoms with Gasteiger partial charge < -0.3 is 15.7 Å². The fraction of sp³-hybridized carbons (Fsp3) is 0.500. The highest BCUT2D eigenvalue weighted by Gasteiger charge is 2.10. The number of hydrogen-bond acceptors (Lipinski definition) is 2. The van der Waals surface area contributed by atoms with Crippen LogP contribution in [-0.4, -0.2) is 23.8 Å². The molecule has 1 rings (SSSR count). The molecular formula is C14H22N2O2. The second-order valence-corrected chi connectivity index (χ2v) is 4.52. The zero-order chi connectivity index (χ0) is 13.5. The smallest absolute Gasteiger partial charge is 0.315 e. The van der Waals surface area contributed by atoms with Crippen LogP contribution in [-0.2, 0) is 6.42 Å². The molecule has 0 aliphatic rings. The third-order valence-corrected chi connectivity index (χ3v) is 2.89. The van der Waals surface area contributed by atoms with E-state index in [0.717, 1.165) is 12.0 Å². The van der Waals surface area contributed by atoms with Crippen LogP contribution in [0, 0.1) is 0 Å². The second kappa shape index (κ2) is 7.01. The second-order valence-electron chi connectivity index (χ2n) is 4.52. The fourth-order valence-electron chi connectivity index (χ4n) is 1.63. The summed E-state index contributed by atoms with van der Waals surface area (Å²) in [4.78, 5) is 11.6. The molecule has 0 heterocycles.